The first-order chi connectivity index (χ1) is 11.6. The molecule has 1 atom stereocenters. The lowest BCUT2D eigenvalue weighted by atomic mass is 9.88. The van der Waals surface area contributed by atoms with Gasteiger partial charge in [0, 0.05) is 30.3 Å². The fraction of sp³-hybridized carbons (Fsp3) is 0.632. The lowest BCUT2D eigenvalue weighted by Crippen LogP contribution is -2.43. The van der Waals surface area contributed by atoms with E-state index in [1.54, 1.807) is 14.2 Å². The average molecular weight is 369 g/mol. The molecule has 0 spiro atoms. The van der Waals surface area contributed by atoms with Gasteiger partial charge in [-0.3, -0.25) is 4.79 Å². The topological polar surface area (TPSA) is 50.8 Å². The van der Waals surface area contributed by atoms with Gasteiger partial charge in [-0.1, -0.05) is 0 Å². The zero-order valence-corrected chi connectivity index (χ0v) is 16.2. The highest BCUT2D eigenvalue weighted by atomic mass is 35.5. The van der Waals surface area contributed by atoms with E-state index in [-0.39, 0.29) is 18.3 Å². The van der Waals surface area contributed by atoms with Crippen LogP contribution in [0.3, 0.4) is 0 Å². The van der Waals surface area contributed by atoms with Gasteiger partial charge in [0.2, 0.25) is 0 Å². The molecule has 1 aromatic rings. The fourth-order valence-electron chi connectivity index (χ4n) is 4.01. The van der Waals surface area contributed by atoms with Gasteiger partial charge in [0.1, 0.15) is 11.5 Å². The van der Waals surface area contributed by atoms with Crippen molar-refractivity contribution < 1.29 is 14.3 Å². The summed E-state index contributed by atoms with van der Waals surface area (Å²) in [5.74, 6) is 2.17. The maximum Gasteiger partial charge on any atom is 0.254 e. The summed E-state index contributed by atoms with van der Waals surface area (Å²) in [5, 5.41) is 3.60. The number of hydrogen-bond donors (Lipinski definition) is 1. The quantitative estimate of drug-likeness (QED) is 0.887. The van der Waals surface area contributed by atoms with E-state index in [1.807, 2.05) is 24.0 Å². The van der Waals surface area contributed by atoms with Gasteiger partial charge in [-0.25, -0.2) is 0 Å². The molecule has 1 amide bonds. The van der Waals surface area contributed by atoms with E-state index in [1.165, 1.54) is 12.8 Å². The predicted molar refractivity (Wildman–Crippen MR) is 101 cm³/mol. The third kappa shape index (κ3) is 4.21. The fourth-order valence-corrected chi connectivity index (χ4v) is 4.01. The molecule has 1 aromatic carbocycles. The Morgan fingerprint density at radius 1 is 1.12 bits per heavy atom. The van der Waals surface area contributed by atoms with Crippen molar-refractivity contribution in [2.75, 3.05) is 33.9 Å². The largest absolute Gasteiger partial charge is 0.496 e. The van der Waals surface area contributed by atoms with Gasteiger partial charge in [-0.2, -0.15) is 0 Å². The van der Waals surface area contributed by atoms with E-state index in [0.29, 0.717) is 29.0 Å². The number of hydrogen-bond acceptors (Lipinski definition) is 4. The molecule has 6 heteroatoms. The molecule has 0 aliphatic carbocycles. The number of nitrogens with zero attached hydrogens (tertiary/aromatic N) is 1. The van der Waals surface area contributed by atoms with Crippen LogP contribution in [0, 0.1) is 12.8 Å². The number of halogens is 1. The van der Waals surface area contributed by atoms with Crippen LogP contribution in [0.5, 0.6) is 11.5 Å². The summed E-state index contributed by atoms with van der Waals surface area (Å²) < 4.78 is 10.8. The second kappa shape index (κ2) is 8.77. The molecule has 5 nitrogen and oxygen atoms in total. The number of benzene rings is 1. The number of methoxy groups -OCH3 is 2. The Balaban J connectivity index is 0.00000225. The molecule has 1 unspecified atom stereocenters. The van der Waals surface area contributed by atoms with Crippen molar-refractivity contribution in [3.63, 3.8) is 0 Å². The number of amides is 1. The predicted octanol–water partition coefficient (Wildman–Crippen LogP) is 3.04. The Kier molecular flexibility index (Phi) is 6.96. The number of carbonyl (C=O) groups excluding carboxylic acids is 1. The molecule has 1 N–H and O–H groups in total. The Morgan fingerprint density at radius 3 is 2.20 bits per heavy atom. The van der Waals surface area contributed by atoms with Crippen molar-refractivity contribution in [3.8, 4) is 11.5 Å². The van der Waals surface area contributed by atoms with Crippen molar-refractivity contribution in [2.24, 2.45) is 5.92 Å². The molecule has 3 rings (SSSR count). The van der Waals surface area contributed by atoms with Gasteiger partial charge in [0.05, 0.1) is 14.2 Å². The molecule has 2 heterocycles. The summed E-state index contributed by atoms with van der Waals surface area (Å²) in [6.45, 7) is 4.75. The van der Waals surface area contributed by atoms with Crippen LogP contribution in [0.2, 0.25) is 0 Å². The molecular weight excluding hydrogens is 340 g/mol. The van der Waals surface area contributed by atoms with Gasteiger partial charge < -0.3 is 19.7 Å². The standard InChI is InChI=1S/C19H28N2O3.ClH/c1-13-17(23-2)11-15(12-18(13)24-3)19(22)21-9-6-14(7-10-21)16-5-4-8-20-16;/h11-12,14,16,20H,4-10H2,1-3H3;1H. The van der Waals surface area contributed by atoms with E-state index in [2.05, 4.69) is 5.32 Å². The Labute approximate surface area is 156 Å². The Hall–Kier alpha value is -1.46. The highest BCUT2D eigenvalue weighted by Crippen LogP contribution is 2.31. The van der Waals surface area contributed by atoms with Gasteiger partial charge in [0.25, 0.3) is 5.91 Å². The molecule has 2 fully saturated rings. The number of carbonyl (C=O) groups is 1. The van der Waals surface area contributed by atoms with Crippen molar-refractivity contribution in [1.82, 2.24) is 10.2 Å². The van der Waals surface area contributed by atoms with Crippen LogP contribution in [-0.2, 0) is 0 Å². The zero-order chi connectivity index (χ0) is 17.1. The van der Waals surface area contributed by atoms with E-state index >= 15 is 0 Å². The Morgan fingerprint density at radius 2 is 1.72 bits per heavy atom. The molecule has 0 saturated carbocycles. The summed E-state index contributed by atoms with van der Waals surface area (Å²) in [6.07, 6.45) is 4.74. The molecule has 0 bridgehead atoms. The first kappa shape index (κ1) is 19.9. The Bertz CT molecular complexity index is 569. The van der Waals surface area contributed by atoms with Gasteiger partial charge in [-0.15, -0.1) is 12.4 Å². The van der Waals surface area contributed by atoms with Crippen LogP contribution >= 0.6 is 12.4 Å². The number of ether oxygens (including phenoxy) is 2. The SMILES string of the molecule is COc1cc(C(=O)N2CCC(C3CCCN3)CC2)cc(OC)c1C.Cl. The molecule has 0 radical (unpaired) electrons. The van der Waals surface area contributed by atoms with Crippen LogP contribution in [0.4, 0.5) is 0 Å². The van der Waals surface area contributed by atoms with E-state index in [9.17, 15) is 4.79 Å². The number of nitrogens with one attached hydrogen (secondary N) is 1. The van der Waals surface area contributed by atoms with Crippen LogP contribution in [-0.4, -0.2) is 50.7 Å². The van der Waals surface area contributed by atoms with Crippen molar-refractivity contribution in [2.45, 2.75) is 38.6 Å². The summed E-state index contributed by atoms with van der Waals surface area (Å²) >= 11 is 0. The highest BCUT2D eigenvalue weighted by molar-refractivity contribution is 5.95. The van der Waals surface area contributed by atoms with E-state index in [4.69, 9.17) is 9.47 Å². The third-order valence-corrected chi connectivity index (χ3v) is 5.49. The van der Waals surface area contributed by atoms with Gasteiger partial charge >= 0.3 is 0 Å². The first-order valence-electron chi connectivity index (χ1n) is 8.89. The second-order valence-electron chi connectivity index (χ2n) is 6.84. The molecule has 0 aromatic heterocycles. The second-order valence-corrected chi connectivity index (χ2v) is 6.84. The molecular formula is C19H29ClN2O3. The van der Waals surface area contributed by atoms with Crippen molar-refractivity contribution >= 4 is 18.3 Å². The molecule has 2 saturated heterocycles. The summed E-state index contributed by atoms with van der Waals surface area (Å²) in [7, 11) is 3.24. The monoisotopic (exact) mass is 368 g/mol. The number of piperidine rings is 1. The summed E-state index contributed by atoms with van der Waals surface area (Å²) in [4.78, 5) is 14.8. The molecule has 2 aliphatic rings. The maximum absolute atomic E-state index is 12.9. The van der Waals surface area contributed by atoms with Gasteiger partial charge in [0.15, 0.2) is 0 Å². The van der Waals surface area contributed by atoms with Crippen LogP contribution in [0.1, 0.15) is 41.6 Å². The minimum Gasteiger partial charge on any atom is -0.496 e. The van der Waals surface area contributed by atoms with Crippen molar-refractivity contribution in [1.29, 1.82) is 0 Å². The lowest BCUT2D eigenvalue weighted by molar-refractivity contribution is 0.0673. The zero-order valence-electron chi connectivity index (χ0n) is 15.3. The number of rotatable bonds is 4. The molecule has 140 valence electrons. The normalized spacial score (nSPS) is 20.9. The van der Waals surface area contributed by atoms with Crippen molar-refractivity contribution in [3.05, 3.63) is 23.3 Å². The van der Waals surface area contributed by atoms with Crippen LogP contribution < -0.4 is 14.8 Å². The minimum atomic E-state index is 0. The molecule has 2 aliphatic heterocycles. The third-order valence-electron chi connectivity index (χ3n) is 5.49. The highest BCUT2D eigenvalue weighted by Gasteiger charge is 2.30. The lowest BCUT2D eigenvalue weighted by Gasteiger charge is -2.35. The first-order valence-corrected chi connectivity index (χ1v) is 8.89. The van der Waals surface area contributed by atoms with E-state index in [0.717, 1.165) is 38.0 Å². The van der Waals surface area contributed by atoms with Crippen LogP contribution in [0.15, 0.2) is 12.1 Å². The minimum absolute atomic E-state index is 0. The average Bonchev–Trinajstić information content (AvgIpc) is 3.16. The number of likely N-dealkylation sites (tertiary alicyclic amines) is 1. The molecule has 25 heavy (non-hydrogen) atoms. The summed E-state index contributed by atoms with van der Waals surface area (Å²) in [6, 6.07) is 4.30. The summed E-state index contributed by atoms with van der Waals surface area (Å²) in [5.41, 5.74) is 1.56. The maximum atomic E-state index is 12.9. The van der Waals surface area contributed by atoms with E-state index < -0.39 is 0 Å². The van der Waals surface area contributed by atoms with Crippen LogP contribution in [0.25, 0.3) is 0 Å². The van der Waals surface area contributed by atoms with Gasteiger partial charge in [-0.05, 0) is 57.2 Å². The smallest absolute Gasteiger partial charge is 0.254 e.